The highest BCUT2D eigenvalue weighted by Crippen LogP contribution is 2.24. The van der Waals surface area contributed by atoms with Crippen molar-refractivity contribution in [2.45, 2.75) is 116 Å². The fourth-order valence-electron chi connectivity index (χ4n) is 4.42. The lowest BCUT2D eigenvalue weighted by Gasteiger charge is -2.14. The first-order valence-corrected chi connectivity index (χ1v) is 12.6. The van der Waals surface area contributed by atoms with E-state index >= 15 is 0 Å². The number of hydrogen-bond donors (Lipinski definition) is 0. The van der Waals surface area contributed by atoms with Crippen LogP contribution in [0.1, 0.15) is 137 Å². The average Bonchev–Trinajstić information content (AvgIpc) is 2.76. The predicted molar refractivity (Wildman–Crippen MR) is 127 cm³/mol. The Labute approximate surface area is 184 Å². The zero-order valence-electron chi connectivity index (χ0n) is 19.2. The van der Waals surface area contributed by atoms with Crippen LogP contribution in [0.4, 0.5) is 0 Å². The molecule has 0 bridgehead atoms. The third-order valence-corrected chi connectivity index (χ3v) is 6.33. The van der Waals surface area contributed by atoms with Crippen LogP contribution in [0.15, 0.2) is 35.9 Å². The summed E-state index contributed by atoms with van der Waals surface area (Å²) in [5, 5.41) is 0. The lowest BCUT2D eigenvalue weighted by atomic mass is 9.87. The minimum atomic E-state index is -0.0170. The van der Waals surface area contributed by atoms with Gasteiger partial charge in [0.05, 0.1) is 0 Å². The number of fused-ring (bicyclic) bond motifs is 1. The molecule has 0 N–H and O–H groups in total. The zero-order valence-corrected chi connectivity index (χ0v) is 19.2. The molecule has 1 aliphatic carbocycles. The number of carbonyl (C=O) groups excluding carboxylic acids is 2. The molecule has 0 saturated carbocycles. The molecule has 166 valence electrons. The summed E-state index contributed by atoms with van der Waals surface area (Å²) in [5.41, 5.74) is 1.83. The van der Waals surface area contributed by atoms with E-state index in [-0.39, 0.29) is 11.6 Å². The molecule has 0 fully saturated rings. The molecule has 0 unspecified atom stereocenters. The van der Waals surface area contributed by atoms with Crippen molar-refractivity contribution in [3.05, 3.63) is 47.0 Å². The number of allylic oxidation sites excluding steroid dienone is 2. The first kappa shape index (κ1) is 24.6. The van der Waals surface area contributed by atoms with E-state index in [2.05, 4.69) is 6.92 Å². The number of ketones is 2. The maximum atomic E-state index is 12.5. The summed E-state index contributed by atoms with van der Waals surface area (Å²) in [4.78, 5) is 24.7. The van der Waals surface area contributed by atoms with Crippen LogP contribution in [0, 0.1) is 0 Å². The second kappa shape index (κ2) is 15.2. The summed E-state index contributed by atoms with van der Waals surface area (Å²) < 4.78 is 0. The Bertz CT molecular complexity index is 671. The lowest BCUT2D eigenvalue weighted by molar-refractivity contribution is 0.0981. The summed E-state index contributed by atoms with van der Waals surface area (Å²) in [6.45, 7) is 2.28. The third kappa shape index (κ3) is 8.98. The van der Waals surface area contributed by atoms with Crippen molar-refractivity contribution in [3.63, 3.8) is 0 Å². The summed E-state index contributed by atoms with van der Waals surface area (Å²) in [6.07, 6.45) is 23.8. The van der Waals surface area contributed by atoms with Gasteiger partial charge in [0, 0.05) is 16.7 Å². The van der Waals surface area contributed by atoms with Crippen LogP contribution < -0.4 is 0 Å². The third-order valence-electron chi connectivity index (χ3n) is 6.33. The normalized spacial score (nSPS) is 13.4. The van der Waals surface area contributed by atoms with E-state index in [0.717, 1.165) is 19.3 Å². The molecule has 0 saturated heterocycles. The van der Waals surface area contributed by atoms with Gasteiger partial charge in [0.2, 0.25) is 0 Å². The van der Waals surface area contributed by atoms with E-state index in [4.69, 9.17) is 0 Å². The molecule has 2 nitrogen and oxygen atoms in total. The van der Waals surface area contributed by atoms with E-state index in [0.29, 0.717) is 16.7 Å². The molecule has 1 aliphatic rings. The summed E-state index contributed by atoms with van der Waals surface area (Å²) in [5.74, 6) is 0.0304. The summed E-state index contributed by atoms with van der Waals surface area (Å²) in [6, 6.07) is 7.17. The molecule has 1 aromatic rings. The molecule has 0 aromatic heterocycles. The van der Waals surface area contributed by atoms with Crippen molar-refractivity contribution in [1.29, 1.82) is 0 Å². The largest absolute Gasteiger partial charge is 0.289 e. The fraction of sp³-hybridized carbons (Fsp3) is 0.643. The van der Waals surface area contributed by atoms with Crippen molar-refractivity contribution in [2.24, 2.45) is 0 Å². The van der Waals surface area contributed by atoms with Crippen molar-refractivity contribution in [1.82, 2.24) is 0 Å². The molecular weight excluding hydrogens is 368 g/mol. The Morgan fingerprint density at radius 2 is 1.00 bits per heavy atom. The standard InChI is InChI=1S/C28H42O2/c1-2-3-4-5-6-7-8-9-10-11-12-13-14-15-16-17-20-24-23-27(29)25-21-18-19-22-26(25)28(24)30/h18-19,21-23H,2-17,20H2,1H3. The van der Waals surface area contributed by atoms with E-state index < -0.39 is 0 Å². The Kier molecular flexibility index (Phi) is 12.4. The SMILES string of the molecule is CCCCCCCCCCCCCCCCCCC1=CC(=O)c2ccccc2C1=O. The zero-order chi connectivity index (χ0) is 21.4. The van der Waals surface area contributed by atoms with Crippen molar-refractivity contribution < 1.29 is 9.59 Å². The van der Waals surface area contributed by atoms with Gasteiger partial charge in [-0.3, -0.25) is 9.59 Å². The predicted octanol–water partition coefficient (Wildman–Crippen LogP) is 8.64. The second-order valence-corrected chi connectivity index (χ2v) is 8.96. The van der Waals surface area contributed by atoms with Gasteiger partial charge in [-0.2, -0.15) is 0 Å². The minimum absolute atomic E-state index is 0.0170. The molecule has 2 rings (SSSR count). The van der Waals surface area contributed by atoms with Gasteiger partial charge in [0.1, 0.15) is 0 Å². The first-order chi connectivity index (χ1) is 14.7. The van der Waals surface area contributed by atoms with Crippen molar-refractivity contribution in [2.75, 3.05) is 0 Å². The highest BCUT2D eigenvalue weighted by atomic mass is 16.1. The monoisotopic (exact) mass is 410 g/mol. The smallest absolute Gasteiger partial charge is 0.189 e. The first-order valence-electron chi connectivity index (χ1n) is 12.6. The molecule has 0 aliphatic heterocycles. The number of benzene rings is 1. The lowest BCUT2D eigenvalue weighted by Crippen LogP contribution is -2.16. The van der Waals surface area contributed by atoms with Gasteiger partial charge in [-0.1, -0.05) is 128 Å². The van der Waals surface area contributed by atoms with Gasteiger partial charge in [-0.25, -0.2) is 0 Å². The van der Waals surface area contributed by atoms with Gasteiger partial charge in [-0.05, 0) is 18.9 Å². The topological polar surface area (TPSA) is 34.1 Å². The van der Waals surface area contributed by atoms with Crippen LogP contribution in [-0.2, 0) is 0 Å². The second-order valence-electron chi connectivity index (χ2n) is 8.96. The summed E-state index contributed by atoms with van der Waals surface area (Å²) in [7, 11) is 0. The Morgan fingerprint density at radius 1 is 0.567 bits per heavy atom. The molecule has 2 heteroatoms. The van der Waals surface area contributed by atoms with Gasteiger partial charge >= 0.3 is 0 Å². The fourth-order valence-corrected chi connectivity index (χ4v) is 4.42. The summed E-state index contributed by atoms with van der Waals surface area (Å²) >= 11 is 0. The van der Waals surface area contributed by atoms with E-state index in [1.807, 2.05) is 12.1 Å². The maximum absolute atomic E-state index is 12.5. The van der Waals surface area contributed by atoms with Crippen LogP contribution in [0.3, 0.4) is 0 Å². The van der Waals surface area contributed by atoms with Crippen molar-refractivity contribution >= 4 is 11.6 Å². The molecular formula is C28H42O2. The number of Topliss-reactive ketones (excluding diaryl/α,β-unsaturated/α-hetero) is 1. The van der Waals surface area contributed by atoms with Crippen LogP contribution >= 0.6 is 0 Å². The number of hydrogen-bond acceptors (Lipinski definition) is 2. The molecule has 30 heavy (non-hydrogen) atoms. The van der Waals surface area contributed by atoms with Gasteiger partial charge in [0.15, 0.2) is 11.6 Å². The van der Waals surface area contributed by atoms with Crippen LogP contribution in [0.2, 0.25) is 0 Å². The van der Waals surface area contributed by atoms with Crippen LogP contribution in [0.5, 0.6) is 0 Å². The Balaban J connectivity index is 1.41. The van der Waals surface area contributed by atoms with Gasteiger partial charge in [0.25, 0.3) is 0 Å². The Hall–Kier alpha value is -1.70. The highest BCUT2D eigenvalue weighted by Gasteiger charge is 2.24. The van der Waals surface area contributed by atoms with Crippen molar-refractivity contribution in [3.8, 4) is 0 Å². The molecule has 0 radical (unpaired) electrons. The number of rotatable bonds is 17. The quantitative estimate of drug-likeness (QED) is 0.241. The molecule has 0 spiro atoms. The van der Waals surface area contributed by atoms with Crippen LogP contribution in [0.25, 0.3) is 0 Å². The van der Waals surface area contributed by atoms with E-state index in [1.54, 1.807) is 18.2 Å². The average molecular weight is 411 g/mol. The van der Waals surface area contributed by atoms with E-state index in [9.17, 15) is 9.59 Å². The number of carbonyl (C=O) groups is 2. The van der Waals surface area contributed by atoms with Gasteiger partial charge < -0.3 is 0 Å². The molecule has 0 atom stereocenters. The van der Waals surface area contributed by atoms with Crippen LogP contribution in [-0.4, -0.2) is 11.6 Å². The minimum Gasteiger partial charge on any atom is -0.289 e. The maximum Gasteiger partial charge on any atom is 0.189 e. The van der Waals surface area contributed by atoms with Gasteiger partial charge in [-0.15, -0.1) is 0 Å². The molecule has 1 aromatic carbocycles. The number of unbranched alkanes of at least 4 members (excludes halogenated alkanes) is 15. The van der Waals surface area contributed by atoms with E-state index in [1.165, 1.54) is 89.9 Å². The molecule has 0 amide bonds. The molecule has 0 heterocycles. The Morgan fingerprint density at radius 3 is 1.50 bits per heavy atom. The highest BCUT2D eigenvalue weighted by molar-refractivity contribution is 6.24.